The van der Waals surface area contributed by atoms with Crippen LogP contribution in [0.4, 0.5) is 10.2 Å². The maximum Gasteiger partial charge on any atom is 0.256 e. The molecule has 1 saturated heterocycles. The van der Waals surface area contributed by atoms with E-state index in [4.69, 9.17) is 15.2 Å². The largest absolute Gasteiger partial charge is 0.391 e. The van der Waals surface area contributed by atoms with Gasteiger partial charge in [-0.3, -0.25) is 15.2 Å². The molecule has 0 radical (unpaired) electrons. The number of fused-ring (bicyclic) bond motifs is 1. The second-order valence-corrected chi connectivity index (χ2v) is 8.64. The predicted molar refractivity (Wildman–Crippen MR) is 138 cm³/mol. The number of amides is 1. The smallest absolute Gasteiger partial charge is 0.256 e. The molecule has 1 amide bonds. The van der Waals surface area contributed by atoms with Crippen LogP contribution in [-0.2, 0) is 4.74 Å². The molecule has 0 unspecified atom stereocenters. The summed E-state index contributed by atoms with van der Waals surface area (Å²) in [7, 11) is 1.84. The number of imidazole rings is 1. The van der Waals surface area contributed by atoms with E-state index in [0.717, 1.165) is 18.5 Å². The number of nitrogens with one attached hydrogen (secondary N) is 3. The molecule has 0 bridgehead atoms. The Kier molecular flexibility index (Phi) is 7.00. The fourth-order valence-corrected chi connectivity index (χ4v) is 4.45. The van der Waals surface area contributed by atoms with E-state index in [1.54, 1.807) is 59.5 Å². The number of hydrogen-bond acceptors (Lipinski definition) is 7. The third-order valence-corrected chi connectivity index (χ3v) is 6.31. The molecule has 1 fully saturated rings. The molecule has 37 heavy (non-hydrogen) atoms. The predicted octanol–water partition coefficient (Wildman–Crippen LogP) is 3.94. The van der Waals surface area contributed by atoms with Crippen molar-refractivity contribution in [1.29, 1.82) is 5.41 Å². The van der Waals surface area contributed by atoms with E-state index in [2.05, 4.69) is 20.6 Å². The first-order valence-electron chi connectivity index (χ1n) is 12.0. The zero-order chi connectivity index (χ0) is 25.8. The highest BCUT2D eigenvalue weighted by atomic mass is 19.1. The number of hydrogen-bond donors (Lipinski definition) is 3. The van der Waals surface area contributed by atoms with Gasteiger partial charge in [0.1, 0.15) is 5.82 Å². The number of anilines is 1. The summed E-state index contributed by atoms with van der Waals surface area (Å²) in [4.78, 5) is 20.9. The van der Waals surface area contributed by atoms with Gasteiger partial charge in [0.25, 0.3) is 5.91 Å². The van der Waals surface area contributed by atoms with E-state index < -0.39 is 0 Å². The average Bonchev–Trinajstić information content (AvgIpc) is 3.34. The summed E-state index contributed by atoms with van der Waals surface area (Å²) in [5.74, 6) is -0.157. The van der Waals surface area contributed by atoms with Crippen LogP contribution in [0.15, 0.2) is 72.8 Å². The zero-order valence-corrected chi connectivity index (χ0v) is 20.2. The van der Waals surface area contributed by atoms with Crippen molar-refractivity contribution in [2.24, 2.45) is 5.92 Å². The van der Waals surface area contributed by atoms with E-state index in [0.29, 0.717) is 47.1 Å². The van der Waals surface area contributed by atoms with Crippen molar-refractivity contribution in [3.8, 4) is 0 Å². The van der Waals surface area contributed by atoms with Crippen molar-refractivity contribution in [2.75, 3.05) is 25.6 Å². The van der Waals surface area contributed by atoms with Crippen molar-refractivity contribution in [3.63, 3.8) is 0 Å². The SMILES string of the molecule is CN/C(=C(\C(=N)c1ccc(F)cc1)c1ccc2nc(NC(=O)c3ccncc3)cn2n1)C1CCOCC1. The first kappa shape index (κ1) is 24.3. The normalized spacial score (nSPS) is 14.8. The van der Waals surface area contributed by atoms with E-state index in [9.17, 15) is 9.18 Å². The molecule has 3 aromatic heterocycles. The van der Waals surface area contributed by atoms with E-state index in [-0.39, 0.29) is 23.4 Å². The Morgan fingerprint density at radius 2 is 1.78 bits per heavy atom. The highest BCUT2D eigenvalue weighted by Crippen LogP contribution is 2.30. The average molecular weight is 500 g/mol. The summed E-state index contributed by atoms with van der Waals surface area (Å²) in [6.07, 6.45) is 6.36. The van der Waals surface area contributed by atoms with Gasteiger partial charge in [0, 0.05) is 61.0 Å². The highest BCUT2D eigenvalue weighted by Gasteiger charge is 2.25. The van der Waals surface area contributed by atoms with Crippen LogP contribution in [0.25, 0.3) is 11.2 Å². The first-order chi connectivity index (χ1) is 18.0. The molecule has 0 aliphatic carbocycles. The maximum atomic E-state index is 13.6. The van der Waals surface area contributed by atoms with Crippen molar-refractivity contribution in [1.82, 2.24) is 24.9 Å². The lowest BCUT2D eigenvalue weighted by Crippen LogP contribution is -2.27. The standard InChI is InChI=1S/C27H26FN7O2/c1-30-26(18-10-14-37-15-11-18)24(25(29)17-2-4-20(28)5-3-17)21-6-7-23-32-22(16-35(23)34-21)33-27(36)19-8-12-31-13-9-19/h2-9,12-13,16,18,29-30H,10-11,14-15H2,1H3,(H,33,36)/b26-24-,29-25?. The second-order valence-electron chi connectivity index (χ2n) is 8.64. The zero-order valence-electron chi connectivity index (χ0n) is 20.2. The Morgan fingerprint density at radius 1 is 1.05 bits per heavy atom. The summed E-state index contributed by atoms with van der Waals surface area (Å²) in [6.45, 7) is 1.28. The summed E-state index contributed by atoms with van der Waals surface area (Å²) < 4.78 is 20.7. The maximum absolute atomic E-state index is 13.6. The third kappa shape index (κ3) is 5.24. The quantitative estimate of drug-likeness (QED) is 0.332. The lowest BCUT2D eigenvalue weighted by Gasteiger charge is -2.27. The fourth-order valence-electron chi connectivity index (χ4n) is 4.45. The number of rotatable bonds is 7. The number of aromatic nitrogens is 4. The number of carbonyl (C=O) groups excluding carboxylic acids is 1. The van der Waals surface area contributed by atoms with Gasteiger partial charge in [-0.1, -0.05) is 0 Å². The molecule has 1 aliphatic rings. The van der Waals surface area contributed by atoms with E-state index in [1.165, 1.54) is 12.1 Å². The Morgan fingerprint density at radius 3 is 2.49 bits per heavy atom. The number of pyridine rings is 1. The molecule has 188 valence electrons. The van der Waals surface area contributed by atoms with Gasteiger partial charge in [0.15, 0.2) is 11.5 Å². The topological polar surface area (TPSA) is 117 Å². The number of benzene rings is 1. The molecule has 4 aromatic rings. The van der Waals surface area contributed by atoms with Crippen molar-refractivity contribution in [2.45, 2.75) is 12.8 Å². The van der Waals surface area contributed by atoms with Crippen LogP contribution in [0, 0.1) is 17.1 Å². The van der Waals surface area contributed by atoms with Gasteiger partial charge in [-0.2, -0.15) is 5.10 Å². The monoisotopic (exact) mass is 499 g/mol. The van der Waals surface area contributed by atoms with Gasteiger partial charge in [-0.15, -0.1) is 0 Å². The highest BCUT2D eigenvalue weighted by molar-refractivity contribution is 6.30. The molecule has 1 aliphatic heterocycles. The first-order valence-corrected chi connectivity index (χ1v) is 12.0. The summed E-state index contributed by atoms with van der Waals surface area (Å²) in [5.41, 5.74) is 3.88. The van der Waals surface area contributed by atoms with Crippen LogP contribution in [0.3, 0.4) is 0 Å². The number of nitrogens with zero attached hydrogens (tertiary/aromatic N) is 4. The lowest BCUT2D eigenvalue weighted by atomic mass is 9.88. The summed E-state index contributed by atoms with van der Waals surface area (Å²) in [6, 6.07) is 12.7. The van der Waals surface area contributed by atoms with Crippen LogP contribution >= 0.6 is 0 Å². The number of carbonyl (C=O) groups is 1. The van der Waals surface area contributed by atoms with Gasteiger partial charge < -0.3 is 15.4 Å². The van der Waals surface area contributed by atoms with Crippen LogP contribution in [0.2, 0.25) is 0 Å². The number of halogens is 1. The molecule has 0 atom stereocenters. The van der Waals surface area contributed by atoms with Gasteiger partial charge in [0.05, 0.1) is 17.6 Å². The minimum atomic E-state index is -0.361. The number of allylic oxidation sites excluding steroid dienone is 2. The van der Waals surface area contributed by atoms with Crippen LogP contribution in [0.1, 0.15) is 34.5 Å². The van der Waals surface area contributed by atoms with Crippen LogP contribution < -0.4 is 10.6 Å². The molecule has 1 aromatic carbocycles. The molecular weight excluding hydrogens is 473 g/mol. The molecule has 0 spiro atoms. The van der Waals surface area contributed by atoms with Crippen LogP contribution in [-0.4, -0.2) is 51.5 Å². The Hall–Kier alpha value is -4.44. The van der Waals surface area contributed by atoms with Crippen molar-refractivity contribution < 1.29 is 13.9 Å². The molecule has 9 nitrogen and oxygen atoms in total. The lowest BCUT2D eigenvalue weighted by molar-refractivity contribution is 0.0746. The molecule has 3 N–H and O–H groups in total. The summed E-state index contributed by atoms with van der Waals surface area (Å²) >= 11 is 0. The molecule has 10 heteroatoms. The molecule has 5 rings (SSSR count). The molecular formula is C27H26FN7O2. The number of ether oxygens (including phenoxy) is 1. The minimum absolute atomic E-state index is 0.157. The Bertz CT molecular complexity index is 1460. The third-order valence-electron chi connectivity index (χ3n) is 6.31. The van der Waals surface area contributed by atoms with Crippen molar-refractivity contribution in [3.05, 3.63) is 95.5 Å². The van der Waals surface area contributed by atoms with Crippen LogP contribution in [0.5, 0.6) is 0 Å². The second kappa shape index (κ2) is 10.7. The van der Waals surface area contributed by atoms with Gasteiger partial charge in [-0.05, 0) is 61.4 Å². The Labute approximate surface area is 212 Å². The Balaban J connectivity index is 1.54. The van der Waals surface area contributed by atoms with Crippen molar-refractivity contribution >= 4 is 28.7 Å². The van der Waals surface area contributed by atoms with Gasteiger partial charge in [-0.25, -0.2) is 13.9 Å². The summed E-state index contributed by atoms with van der Waals surface area (Å²) in [5, 5.41) is 19.9. The molecule has 0 saturated carbocycles. The van der Waals surface area contributed by atoms with Gasteiger partial charge >= 0.3 is 0 Å². The van der Waals surface area contributed by atoms with E-state index >= 15 is 0 Å². The van der Waals surface area contributed by atoms with Gasteiger partial charge in [0.2, 0.25) is 0 Å². The minimum Gasteiger partial charge on any atom is -0.391 e. The molecule has 4 heterocycles. The fraction of sp³-hybridized carbons (Fsp3) is 0.222. The van der Waals surface area contributed by atoms with E-state index in [1.807, 2.05) is 7.05 Å².